The van der Waals surface area contributed by atoms with Crippen LogP contribution in [0.25, 0.3) is 0 Å². The Balaban J connectivity index is 2.39. The van der Waals surface area contributed by atoms with Crippen LogP contribution in [-0.2, 0) is 0 Å². The van der Waals surface area contributed by atoms with Crippen molar-refractivity contribution >= 4 is 27.7 Å². The quantitative estimate of drug-likeness (QED) is 0.754. The number of hydrogen-bond acceptors (Lipinski definition) is 2. The molecule has 0 saturated carbocycles. The molecule has 0 fully saturated rings. The maximum Gasteiger partial charge on any atom is 0.119 e. The molecule has 3 heteroatoms. The third-order valence-electron chi connectivity index (χ3n) is 1.89. The third kappa shape index (κ3) is 3.93. The summed E-state index contributed by atoms with van der Waals surface area (Å²) in [5.41, 5.74) is 1.22. The molecule has 0 N–H and O–H groups in total. The second kappa shape index (κ2) is 6.36. The number of ether oxygens (including phenoxy) is 1. The predicted molar refractivity (Wildman–Crippen MR) is 67.4 cm³/mol. The molecule has 0 aromatic heterocycles. The third-order valence-corrected chi connectivity index (χ3v) is 3.48. The molecule has 0 heterocycles. The van der Waals surface area contributed by atoms with Crippen molar-refractivity contribution in [1.82, 2.24) is 0 Å². The molecule has 0 bridgehead atoms. The van der Waals surface area contributed by atoms with Crippen LogP contribution in [-0.4, -0.2) is 18.6 Å². The molecule has 1 nitrogen and oxygen atoms in total. The van der Waals surface area contributed by atoms with Gasteiger partial charge >= 0.3 is 0 Å². The standard InChI is InChI=1S/C11H15BrOS/c1-9-8-10(4-5-11(9)12)13-6-3-7-14-2/h4-5,8H,3,6-7H2,1-2H3. The zero-order valence-corrected chi connectivity index (χ0v) is 11.0. The largest absolute Gasteiger partial charge is 0.494 e. The Bertz CT molecular complexity index is 289. The second-order valence-corrected chi connectivity index (χ2v) is 4.95. The van der Waals surface area contributed by atoms with Crippen molar-refractivity contribution in [1.29, 1.82) is 0 Å². The van der Waals surface area contributed by atoms with Crippen molar-refractivity contribution in [3.8, 4) is 5.75 Å². The maximum atomic E-state index is 5.61. The van der Waals surface area contributed by atoms with Crippen molar-refractivity contribution in [2.75, 3.05) is 18.6 Å². The SMILES string of the molecule is CSCCCOc1ccc(Br)c(C)c1. The summed E-state index contributed by atoms with van der Waals surface area (Å²) in [6, 6.07) is 6.08. The van der Waals surface area contributed by atoms with Gasteiger partial charge in [-0.25, -0.2) is 0 Å². The number of aryl methyl sites for hydroxylation is 1. The van der Waals surface area contributed by atoms with E-state index in [4.69, 9.17) is 4.74 Å². The van der Waals surface area contributed by atoms with Gasteiger partial charge in [-0.2, -0.15) is 11.8 Å². The molecule has 1 aromatic carbocycles. The van der Waals surface area contributed by atoms with E-state index < -0.39 is 0 Å². The molecule has 0 amide bonds. The van der Waals surface area contributed by atoms with Gasteiger partial charge in [0.2, 0.25) is 0 Å². The molecular formula is C11H15BrOS. The van der Waals surface area contributed by atoms with Gasteiger partial charge in [-0.15, -0.1) is 0 Å². The molecule has 0 aliphatic carbocycles. The van der Waals surface area contributed by atoms with Gasteiger partial charge in [-0.05, 0) is 49.1 Å². The van der Waals surface area contributed by atoms with Gasteiger partial charge < -0.3 is 4.74 Å². The van der Waals surface area contributed by atoms with Crippen LogP contribution in [0, 0.1) is 6.92 Å². The first-order valence-electron chi connectivity index (χ1n) is 4.62. The summed E-state index contributed by atoms with van der Waals surface area (Å²) >= 11 is 5.32. The van der Waals surface area contributed by atoms with E-state index in [0.29, 0.717) is 0 Å². The van der Waals surface area contributed by atoms with Gasteiger partial charge in [0, 0.05) is 4.47 Å². The fourth-order valence-electron chi connectivity index (χ4n) is 1.10. The molecule has 0 aliphatic rings. The smallest absolute Gasteiger partial charge is 0.119 e. The molecule has 78 valence electrons. The number of benzene rings is 1. The summed E-state index contributed by atoms with van der Waals surface area (Å²) in [4.78, 5) is 0. The first-order chi connectivity index (χ1) is 6.74. The lowest BCUT2D eigenvalue weighted by atomic mass is 10.2. The zero-order valence-electron chi connectivity index (χ0n) is 8.55. The van der Waals surface area contributed by atoms with E-state index in [9.17, 15) is 0 Å². The van der Waals surface area contributed by atoms with Crippen LogP contribution in [0.4, 0.5) is 0 Å². The highest BCUT2D eigenvalue weighted by atomic mass is 79.9. The van der Waals surface area contributed by atoms with Gasteiger partial charge in [0.25, 0.3) is 0 Å². The Labute approximate surface area is 98.4 Å². The normalized spacial score (nSPS) is 10.2. The average Bonchev–Trinajstić information content (AvgIpc) is 2.18. The van der Waals surface area contributed by atoms with Crippen LogP contribution in [0.5, 0.6) is 5.75 Å². The molecule has 0 spiro atoms. The van der Waals surface area contributed by atoms with Crippen LogP contribution in [0.2, 0.25) is 0 Å². The number of hydrogen-bond donors (Lipinski definition) is 0. The first kappa shape index (κ1) is 11.9. The van der Waals surface area contributed by atoms with Crippen LogP contribution >= 0.6 is 27.7 Å². The summed E-state index contributed by atoms with van der Waals surface area (Å²) < 4.78 is 6.74. The summed E-state index contributed by atoms with van der Waals surface area (Å²) in [6.45, 7) is 2.88. The van der Waals surface area contributed by atoms with Crippen LogP contribution in [0.3, 0.4) is 0 Å². The Morgan fingerprint density at radius 2 is 2.21 bits per heavy atom. The Morgan fingerprint density at radius 3 is 2.86 bits per heavy atom. The van der Waals surface area contributed by atoms with Crippen molar-refractivity contribution < 1.29 is 4.74 Å². The summed E-state index contributed by atoms with van der Waals surface area (Å²) in [7, 11) is 0. The second-order valence-electron chi connectivity index (χ2n) is 3.11. The highest BCUT2D eigenvalue weighted by Gasteiger charge is 1.97. The molecule has 0 aliphatic heterocycles. The first-order valence-corrected chi connectivity index (χ1v) is 6.80. The Morgan fingerprint density at radius 1 is 1.43 bits per heavy atom. The lowest BCUT2D eigenvalue weighted by Crippen LogP contribution is -1.98. The molecule has 1 rings (SSSR count). The van der Waals surface area contributed by atoms with E-state index in [1.54, 1.807) is 0 Å². The van der Waals surface area contributed by atoms with Crippen LogP contribution < -0.4 is 4.74 Å². The van der Waals surface area contributed by atoms with Crippen molar-refractivity contribution in [3.63, 3.8) is 0 Å². The molecule has 0 atom stereocenters. The fraction of sp³-hybridized carbons (Fsp3) is 0.455. The monoisotopic (exact) mass is 274 g/mol. The summed E-state index contributed by atoms with van der Waals surface area (Å²) in [6.07, 6.45) is 3.22. The van der Waals surface area contributed by atoms with Gasteiger partial charge in [0.15, 0.2) is 0 Å². The van der Waals surface area contributed by atoms with Crippen molar-refractivity contribution in [2.24, 2.45) is 0 Å². The molecule has 1 aromatic rings. The Hall–Kier alpha value is -0.150. The van der Waals surface area contributed by atoms with Gasteiger partial charge in [-0.3, -0.25) is 0 Å². The zero-order chi connectivity index (χ0) is 10.4. The van der Waals surface area contributed by atoms with Crippen molar-refractivity contribution in [3.05, 3.63) is 28.2 Å². The molecule has 0 unspecified atom stereocenters. The minimum absolute atomic E-state index is 0.807. The fourth-order valence-corrected chi connectivity index (χ4v) is 1.75. The summed E-state index contributed by atoms with van der Waals surface area (Å²) in [5, 5.41) is 0. The maximum absolute atomic E-state index is 5.61. The van der Waals surface area contributed by atoms with E-state index in [-0.39, 0.29) is 0 Å². The number of thioether (sulfide) groups is 1. The van der Waals surface area contributed by atoms with E-state index >= 15 is 0 Å². The van der Waals surface area contributed by atoms with Crippen LogP contribution in [0.1, 0.15) is 12.0 Å². The Kier molecular flexibility index (Phi) is 5.41. The minimum atomic E-state index is 0.807. The number of halogens is 1. The summed E-state index contributed by atoms with van der Waals surface area (Å²) in [5.74, 6) is 2.13. The molecular weight excluding hydrogens is 260 g/mol. The molecule has 0 saturated heterocycles. The lowest BCUT2D eigenvalue weighted by Gasteiger charge is -2.06. The van der Waals surface area contributed by atoms with Crippen LogP contribution in [0.15, 0.2) is 22.7 Å². The number of rotatable bonds is 5. The lowest BCUT2D eigenvalue weighted by molar-refractivity contribution is 0.318. The van der Waals surface area contributed by atoms with E-state index in [0.717, 1.165) is 29.0 Å². The highest BCUT2D eigenvalue weighted by molar-refractivity contribution is 9.10. The minimum Gasteiger partial charge on any atom is -0.494 e. The van der Waals surface area contributed by atoms with E-state index in [1.165, 1.54) is 5.56 Å². The van der Waals surface area contributed by atoms with Gasteiger partial charge in [0.1, 0.15) is 5.75 Å². The predicted octanol–water partition coefficient (Wildman–Crippen LogP) is 3.89. The van der Waals surface area contributed by atoms with Crippen molar-refractivity contribution in [2.45, 2.75) is 13.3 Å². The molecule has 0 radical (unpaired) electrons. The van der Waals surface area contributed by atoms with Gasteiger partial charge in [-0.1, -0.05) is 15.9 Å². The topological polar surface area (TPSA) is 9.23 Å². The molecule has 14 heavy (non-hydrogen) atoms. The average molecular weight is 275 g/mol. The van der Waals surface area contributed by atoms with Gasteiger partial charge in [0.05, 0.1) is 6.61 Å². The highest BCUT2D eigenvalue weighted by Crippen LogP contribution is 2.21. The van der Waals surface area contributed by atoms with E-state index in [2.05, 4.69) is 35.2 Å². The van der Waals surface area contributed by atoms with E-state index in [1.807, 2.05) is 23.9 Å².